The van der Waals surface area contributed by atoms with Gasteiger partial charge >= 0.3 is 0 Å². The van der Waals surface area contributed by atoms with Gasteiger partial charge in [-0.15, -0.1) is 0 Å². The monoisotopic (exact) mass is 262 g/mol. The minimum atomic E-state index is 0.564. The van der Waals surface area contributed by atoms with Crippen molar-refractivity contribution in [3.05, 3.63) is 11.8 Å². The molecule has 1 saturated carbocycles. The van der Waals surface area contributed by atoms with Crippen LogP contribution in [0.25, 0.3) is 0 Å². The topological polar surface area (TPSA) is 49.8 Å². The molecule has 4 heteroatoms. The maximum atomic E-state index is 4.53. The van der Waals surface area contributed by atoms with Gasteiger partial charge in [0.05, 0.1) is 0 Å². The average Bonchev–Trinajstić information content (AvgIpc) is 2.54. The lowest BCUT2D eigenvalue weighted by Gasteiger charge is -2.18. The van der Waals surface area contributed by atoms with Crippen LogP contribution in [-0.4, -0.2) is 22.6 Å². The number of aromatic nitrogens is 2. The Morgan fingerprint density at radius 3 is 2.84 bits per heavy atom. The molecule has 1 aromatic rings. The molecule has 4 nitrogen and oxygen atoms in total. The predicted octanol–water partition coefficient (Wildman–Crippen LogP) is 3.60. The highest BCUT2D eigenvalue weighted by Crippen LogP contribution is 2.24. The lowest BCUT2D eigenvalue weighted by Crippen LogP contribution is -2.20. The lowest BCUT2D eigenvalue weighted by molar-refractivity contribution is 0.502. The van der Waals surface area contributed by atoms with Crippen molar-refractivity contribution >= 4 is 11.8 Å². The van der Waals surface area contributed by atoms with Gasteiger partial charge in [0.25, 0.3) is 0 Å². The van der Waals surface area contributed by atoms with Crippen molar-refractivity contribution in [3.63, 3.8) is 0 Å². The summed E-state index contributed by atoms with van der Waals surface area (Å²) in [6.07, 6.45) is 6.51. The summed E-state index contributed by atoms with van der Waals surface area (Å²) in [5.74, 6) is 2.56. The van der Waals surface area contributed by atoms with Crippen LogP contribution in [0.15, 0.2) is 6.07 Å². The third kappa shape index (κ3) is 4.37. The molecule has 0 bridgehead atoms. The largest absolute Gasteiger partial charge is 0.367 e. The number of rotatable bonds is 4. The van der Waals surface area contributed by atoms with E-state index >= 15 is 0 Å². The quantitative estimate of drug-likeness (QED) is 0.814. The van der Waals surface area contributed by atoms with Crippen molar-refractivity contribution in [1.29, 1.82) is 0 Å². The van der Waals surface area contributed by atoms with E-state index in [4.69, 9.17) is 0 Å². The molecule has 2 atom stereocenters. The van der Waals surface area contributed by atoms with Crippen LogP contribution in [-0.2, 0) is 0 Å². The molecular weight excluding hydrogens is 236 g/mol. The van der Waals surface area contributed by atoms with E-state index in [0.29, 0.717) is 6.04 Å². The molecule has 2 unspecified atom stereocenters. The Bertz CT molecular complexity index is 405. The van der Waals surface area contributed by atoms with E-state index in [1.54, 1.807) is 0 Å². The van der Waals surface area contributed by atoms with Crippen molar-refractivity contribution in [1.82, 2.24) is 9.97 Å². The summed E-state index contributed by atoms with van der Waals surface area (Å²) >= 11 is 0. The van der Waals surface area contributed by atoms with Gasteiger partial charge in [-0.2, -0.15) is 4.98 Å². The molecule has 1 aliphatic carbocycles. The van der Waals surface area contributed by atoms with Gasteiger partial charge in [0.1, 0.15) is 5.82 Å². The highest BCUT2D eigenvalue weighted by atomic mass is 15.1. The summed E-state index contributed by atoms with van der Waals surface area (Å²) in [6.45, 7) is 7.29. The van der Waals surface area contributed by atoms with Gasteiger partial charge in [-0.1, -0.05) is 19.8 Å². The molecule has 106 valence electrons. The lowest BCUT2D eigenvalue weighted by atomic mass is 10.0. The van der Waals surface area contributed by atoms with Gasteiger partial charge in [0.15, 0.2) is 0 Å². The number of aryl methyl sites for hydroxylation is 1. The first-order valence-electron chi connectivity index (χ1n) is 7.53. The Labute approximate surface area is 116 Å². The minimum absolute atomic E-state index is 0.564. The van der Waals surface area contributed by atoms with Crippen LogP contribution in [0.1, 0.15) is 51.6 Å². The zero-order valence-corrected chi connectivity index (χ0v) is 12.4. The normalized spacial score (nSPS) is 23.7. The first kappa shape index (κ1) is 14.1. The van der Waals surface area contributed by atoms with Crippen LogP contribution in [0, 0.1) is 12.8 Å². The third-order valence-electron chi connectivity index (χ3n) is 3.80. The number of nitrogens with zero attached hydrogens (tertiary/aromatic N) is 2. The van der Waals surface area contributed by atoms with E-state index in [2.05, 4.69) is 34.4 Å². The van der Waals surface area contributed by atoms with E-state index in [0.717, 1.165) is 29.9 Å². The number of hydrogen-bond donors (Lipinski definition) is 2. The molecule has 1 heterocycles. The summed E-state index contributed by atoms with van der Waals surface area (Å²) < 4.78 is 0. The number of anilines is 2. The Balaban J connectivity index is 2.01. The first-order chi connectivity index (χ1) is 9.17. The second kappa shape index (κ2) is 6.73. The standard InChI is InChI=1S/C15H26N4/c1-4-16-15-17-12(3)10-14(19-15)18-13-7-5-6-11(2)8-9-13/h10-11,13H,4-9H2,1-3H3,(H2,16,17,18,19). The smallest absolute Gasteiger partial charge is 0.224 e. The summed E-state index contributed by atoms with van der Waals surface area (Å²) in [5.41, 5.74) is 1.01. The van der Waals surface area contributed by atoms with Crippen molar-refractivity contribution in [2.75, 3.05) is 17.2 Å². The fourth-order valence-electron chi connectivity index (χ4n) is 2.72. The fourth-order valence-corrected chi connectivity index (χ4v) is 2.72. The molecule has 1 aromatic heterocycles. The Morgan fingerprint density at radius 2 is 2.05 bits per heavy atom. The van der Waals surface area contributed by atoms with Crippen molar-refractivity contribution in [2.45, 2.75) is 58.9 Å². The van der Waals surface area contributed by atoms with Gasteiger partial charge in [-0.05, 0) is 39.0 Å². The van der Waals surface area contributed by atoms with E-state index < -0.39 is 0 Å². The Kier molecular flexibility index (Phi) is 5.00. The molecule has 0 amide bonds. The molecule has 1 fully saturated rings. The summed E-state index contributed by atoms with van der Waals surface area (Å²) in [6, 6.07) is 2.60. The molecule has 0 spiro atoms. The molecule has 0 aliphatic heterocycles. The molecule has 1 aliphatic rings. The van der Waals surface area contributed by atoms with Crippen LogP contribution in [0.4, 0.5) is 11.8 Å². The molecule has 0 radical (unpaired) electrons. The van der Waals surface area contributed by atoms with E-state index in [1.807, 2.05) is 13.0 Å². The van der Waals surface area contributed by atoms with Crippen molar-refractivity contribution in [3.8, 4) is 0 Å². The van der Waals surface area contributed by atoms with Gasteiger partial charge in [0.2, 0.25) is 5.95 Å². The molecule has 2 rings (SSSR count). The summed E-state index contributed by atoms with van der Waals surface area (Å²) in [4.78, 5) is 8.92. The SMILES string of the molecule is CCNc1nc(C)cc(NC2CCCC(C)CC2)n1. The highest BCUT2D eigenvalue weighted by Gasteiger charge is 2.16. The molecule has 0 saturated heterocycles. The Hall–Kier alpha value is -1.32. The van der Waals surface area contributed by atoms with Crippen LogP contribution in [0.3, 0.4) is 0 Å². The predicted molar refractivity (Wildman–Crippen MR) is 80.6 cm³/mol. The fraction of sp³-hybridized carbons (Fsp3) is 0.733. The highest BCUT2D eigenvalue weighted by molar-refractivity contribution is 5.42. The minimum Gasteiger partial charge on any atom is -0.367 e. The maximum Gasteiger partial charge on any atom is 0.224 e. The van der Waals surface area contributed by atoms with Crippen molar-refractivity contribution in [2.24, 2.45) is 5.92 Å². The van der Waals surface area contributed by atoms with Gasteiger partial charge in [-0.3, -0.25) is 0 Å². The van der Waals surface area contributed by atoms with Crippen molar-refractivity contribution < 1.29 is 0 Å². The van der Waals surface area contributed by atoms with E-state index in [-0.39, 0.29) is 0 Å². The number of nitrogens with one attached hydrogen (secondary N) is 2. The van der Waals surface area contributed by atoms with E-state index in [9.17, 15) is 0 Å². The summed E-state index contributed by atoms with van der Waals surface area (Å²) in [7, 11) is 0. The van der Waals surface area contributed by atoms with Gasteiger partial charge in [0, 0.05) is 24.3 Å². The zero-order valence-electron chi connectivity index (χ0n) is 12.4. The second-order valence-electron chi connectivity index (χ2n) is 5.70. The Morgan fingerprint density at radius 1 is 1.21 bits per heavy atom. The molecule has 19 heavy (non-hydrogen) atoms. The summed E-state index contributed by atoms with van der Waals surface area (Å²) in [5, 5.41) is 6.77. The average molecular weight is 262 g/mol. The van der Waals surface area contributed by atoms with Crippen LogP contribution in [0.2, 0.25) is 0 Å². The second-order valence-corrected chi connectivity index (χ2v) is 5.70. The number of hydrogen-bond acceptors (Lipinski definition) is 4. The molecule has 2 N–H and O–H groups in total. The van der Waals surface area contributed by atoms with Crippen LogP contribution >= 0.6 is 0 Å². The van der Waals surface area contributed by atoms with Crippen LogP contribution < -0.4 is 10.6 Å². The molecule has 0 aromatic carbocycles. The van der Waals surface area contributed by atoms with E-state index in [1.165, 1.54) is 32.1 Å². The third-order valence-corrected chi connectivity index (χ3v) is 3.80. The molecular formula is C15H26N4. The first-order valence-corrected chi connectivity index (χ1v) is 7.53. The zero-order chi connectivity index (χ0) is 13.7. The maximum absolute atomic E-state index is 4.53. The van der Waals surface area contributed by atoms with Gasteiger partial charge in [-0.25, -0.2) is 4.98 Å². The van der Waals surface area contributed by atoms with Crippen LogP contribution in [0.5, 0.6) is 0 Å². The van der Waals surface area contributed by atoms with Gasteiger partial charge < -0.3 is 10.6 Å².